The summed E-state index contributed by atoms with van der Waals surface area (Å²) in [4.78, 5) is 15.7. The first kappa shape index (κ1) is 21.9. The zero-order valence-electron chi connectivity index (χ0n) is 18.1. The maximum atomic E-state index is 11.1. The minimum absolute atomic E-state index is 0.0182. The number of carboxylic acid groups (broad SMARTS) is 1. The van der Waals surface area contributed by atoms with Crippen molar-refractivity contribution in [1.82, 2.24) is 14.7 Å². The van der Waals surface area contributed by atoms with E-state index in [1.54, 1.807) is 12.1 Å². The average Bonchev–Trinajstić information content (AvgIpc) is 3.41. The van der Waals surface area contributed by atoms with Gasteiger partial charge < -0.3 is 18.9 Å². The summed E-state index contributed by atoms with van der Waals surface area (Å²) in [7, 11) is 0. The summed E-state index contributed by atoms with van der Waals surface area (Å²) in [5, 5.41) is 14.7. The molecule has 0 saturated heterocycles. The van der Waals surface area contributed by atoms with Crippen molar-refractivity contribution in [3.8, 4) is 28.6 Å². The summed E-state index contributed by atoms with van der Waals surface area (Å²) in [5.74, 6) is 0.603. The van der Waals surface area contributed by atoms with Crippen LogP contribution in [0.15, 0.2) is 47.1 Å². The van der Waals surface area contributed by atoms with Gasteiger partial charge in [-0.05, 0) is 57.0 Å². The molecule has 2 aromatic heterocycles. The molecule has 0 bridgehead atoms. The minimum atomic E-state index is -0.817. The highest BCUT2D eigenvalue weighted by Crippen LogP contribution is 2.34. The number of nitrogens with zero attached hydrogens (tertiary/aromatic N) is 3. The zero-order valence-corrected chi connectivity index (χ0v) is 18.9. The number of halogens is 1. The van der Waals surface area contributed by atoms with Gasteiger partial charge in [-0.3, -0.25) is 4.79 Å². The molecule has 0 fully saturated rings. The molecular formula is C24H24ClN3O4. The molecule has 8 heteroatoms. The summed E-state index contributed by atoms with van der Waals surface area (Å²) in [5.41, 5.74) is 3.50. The lowest BCUT2D eigenvalue weighted by Gasteiger charge is -2.11. The molecule has 4 rings (SSSR count). The second kappa shape index (κ2) is 9.04. The Balaban J connectivity index is 1.71. The molecule has 2 heterocycles. The summed E-state index contributed by atoms with van der Waals surface area (Å²) in [6.07, 6.45) is 2.54. The van der Waals surface area contributed by atoms with Crippen LogP contribution in [0, 0.1) is 0 Å². The van der Waals surface area contributed by atoms with Gasteiger partial charge in [-0.25, -0.2) is 0 Å². The first-order chi connectivity index (χ1) is 15.4. The number of rotatable bonds is 8. The molecule has 0 unspecified atom stereocenters. The van der Waals surface area contributed by atoms with E-state index < -0.39 is 5.97 Å². The number of aryl methyl sites for hydroxylation is 2. The molecule has 32 heavy (non-hydrogen) atoms. The standard InChI is InChI=1S/C24H24ClN3O4/c1-4-28-12-11-17-18(8-5-15(22(17)28)7-10-21(29)30)23-26-24(32-27-23)16-6-9-20(19(25)13-16)31-14(2)3/h5-6,8-9,11-14H,4,7,10H2,1-3H3,(H,29,30). The van der Waals surface area contributed by atoms with Crippen molar-refractivity contribution < 1.29 is 19.2 Å². The van der Waals surface area contributed by atoms with Gasteiger partial charge in [-0.15, -0.1) is 0 Å². The van der Waals surface area contributed by atoms with Gasteiger partial charge in [0, 0.05) is 35.7 Å². The Morgan fingerprint density at radius 1 is 1.25 bits per heavy atom. The van der Waals surface area contributed by atoms with Crippen LogP contribution in [0.4, 0.5) is 0 Å². The summed E-state index contributed by atoms with van der Waals surface area (Å²) >= 11 is 6.35. The Bertz CT molecular complexity index is 1280. The number of ether oxygens (including phenoxy) is 1. The van der Waals surface area contributed by atoms with Crippen LogP contribution in [0.25, 0.3) is 33.7 Å². The van der Waals surface area contributed by atoms with E-state index in [-0.39, 0.29) is 12.5 Å². The number of carbonyl (C=O) groups is 1. The number of aliphatic carboxylic acids is 1. The fourth-order valence-electron chi connectivity index (χ4n) is 3.74. The predicted molar refractivity (Wildman–Crippen MR) is 123 cm³/mol. The third-order valence-corrected chi connectivity index (χ3v) is 5.46. The molecule has 0 radical (unpaired) electrons. The molecule has 0 spiro atoms. The molecule has 0 atom stereocenters. The van der Waals surface area contributed by atoms with Gasteiger partial charge in [-0.2, -0.15) is 4.98 Å². The van der Waals surface area contributed by atoms with E-state index in [1.807, 2.05) is 44.3 Å². The van der Waals surface area contributed by atoms with Crippen molar-refractivity contribution in [3.63, 3.8) is 0 Å². The first-order valence-corrected chi connectivity index (χ1v) is 10.9. The molecule has 1 N–H and O–H groups in total. The van der Waals surface area contributed by atoms with E-state index in [4.69, 9.17) is 26.0 Å². The molecule has 0 aliphatic heterocycles. The van der Waals surface area contributed by atoms with Crippen LogP contribution in [0.3, 0.4) is 0 Å². The molecule has 7 nitrogen and oxygen atoms in total. The van der Waals surface area contributed by atoms with Gasteiger partial charge in [-0.1, -0.05) is 28.9 Å². The topological polar surface area (TPSA) is 90.4 Å². The second-order valence-corrected chi connectivity index (χ2v) is 8.17. The quantitative estimate of drug-likeness (QED) is 0.360. The van der Waals surface area contributed by atoms with Crippen LogP contribution in [-0.2, 0) is 17.8 Å². The van der Waals surface area contributed by atoms with Gasteiger partial charge in [0.15, 0.2) is 0 Å². The van der Waals surface area contributed by atoms with Crippen LogP contribution in [0.2, 0.25) is 5.02 Å². The first-order valence-electron chi connectivity index (χ1n) is 10.5. The predicted octanol–water partition coefficient (Wildman–Crippen LogP) is 5.84. The van der Waals surface area contributed by atoms with E-state index in [9.17, 15) is 4.79 Å². The van der Waals surface area contributed by atoms with Gasteiger partial charge in [0.1, 0.15) is 5.75 Å². The Kier molecular flexibility index (Phi) is 6.19. The molecular weight excluding hydrogens is 430 g/mol. The highest BCUT2D eigenvalue weighted by atomic mass is 35.5. The van der Waals surface area contributed by atoms with Crippen molar-refractivity contribution in [2.24, 2.45) is 0 Å². The van der Waals surface area contributed by atoms with Crippen LogP contribution in [0.1, 0.15) is 32.8 Å². The van der Waals surface area contributed by atoms with E-state index in [0.29, 0.717) is 34.5 Å². The number of fused-ring (bicyclic) bond motifs is 1. The largest absolute Gasteiger partial charge is 0.489 e. The third-order valence-electron chi connectivity index (χ3n) is 5.17. The van der Waals surface area contributed by atoms with Gasteiger partial charge in [0.25, 0.3) is 5.89 Å². The maximum absolute atomic E-state index is 11.1. The van der Waals surface area contributed by atoms with Gasteiger partial charge in [0.2, 0.25) is 5.82 Å². The lowest BCUT2D eigenvalue weighted by Crippen LogP contribution is -2.05. The van der Waals surface area contributed by atoms with Crippen molar-refractivity contribution in [3.05, 3.63) is 53.2 Å². The smallest absolute Gasteiger partial charge is 0.303 e. The molecule has 0 aliphatic rings. The SMILES string of the molecule is CCn1ccc2c(-c3noc(-c4ccc(OC(C)C)c(Cl)c4)n3)ccc(CCC(=O)O)c21. The Hall–Kier alpha value is -3.32. The van der Waals surface area contributed by atoms with Crippen LogP contribution < -0.4 is 4.74 Å². The van der Waals surface area contributed by atoms with E-state index in [1.165, 1.54) is 0 Å². The van der Waals surface area contributed by atoms with Crippen molar-refractivity contribution in [2.45, 2.75) is 46.3 Å². The molecule has 0 aliphatic carbocycles. The molecule has 0 amide bonds. The highest BCUT2D eigenvalue weighted by Gasteiger charge is 2.18. The van der Waals surface area contributed by atoms with Gasteiger partial charge >= 0.3 is 5.97 Å². The maximum Gasteiger partial charge on any atom is 0.303 e. The fraction of sp³-hybridized carbons (Fsp3) is 0.292. The Labute approximate surface area is 190 Å². The third kappa shape index (κ3) is 4.34. The summed E-state index contributed by atoms with van der Waals surface area (Å²) in [6, 6.07) is 11.2. The van der Waals surface area contributed by atoms with Crippen LogP contribution >= 0.6 is 11.6 Å². The molecule has 0 saturated carbocycles. The lowest BCUT2D eigenvalue weighted by atomic mass is 10.0. The fourth-order valence-corrected chi connectivity index (χ4v) is 3.96. The van der Waals surface area contributed by atoms with Crippen LogP contribution in [-0.4, -0.2) is 31.9 Å². The highest BCUT2D eigenvalue weighted by molar-refractivity contribution is 6.32. The number of carboxylic acids is 1. The van der Waals surface area contributed by atoms with Crippen molar-refractivity contribution >= 4 is 28.5 Å². The van der Waals surface area contributed by atoms with Gasteiger partial charge in [0.05, 0.1) is 16.6 Å². The Morgan fingerprint density at radius 2 is 2.06 bits per heavy atom. The van der Waals surface area contributed by atoms with E-state index >= 15 is 0 Å². The summed E-state index contributed by atoms with van der Waals surface area (Å²) < 4.78 is 13.3. The lowest BCUT2D eigenvalue weighted by molar-refractivity contribution is -0.136. The minimum Gasteiger partial charge on any atom is -0.489 e. The molecule has 4 aromatic rings. The summed E-state index contributed by atoms with van der Waals surface area (Å²) in [6.45, 7) is 6.70. The number of hydrogen-bond acceptors (Lipinski definition) is 5. The van der Waals surface area contributed by atoms with E-state index in [0.717, 1.165) is 28.6 Å². The average molecular weight is 454 g/mol. The normalized spacial score (nSPS) is 11.4. The number of benzene rings is 2. The molecule has 166 valence electrons. The second-order valence-electron chi connectivity index (χ2n) is 7.76. The monoisotopic (exact) mass is 453 g/mol. The van der Waals surface area contributed by atoms with Crippen LogP contribution in [0.5, 0.6) is 5.75 Å². The number of hydrogen-bond donors (Lipinski definition) is 1. The van der Waals surface area contributed by atoms with E-state index in [2.05, 4.69) is 21.6 Å². The Morgan fingerprint density at radius 3 is 2.75 bits per heavy atom. The number of aromatic nitrogens is 3. The van der Waals surface area contributed by atoms with Crippen molar-refractivity contribution in [1.29, 1.82) is 0 Å². The zero-order chi connectivity index (χ0) is 22.8. The molecule has 2 aromatic carbocycles. The van der Waals surface area contributed by atoms with Crippen molar-refractivity contribution in [2.75, 3.05) is 0 Å².